The van der Waals surface area contributed by atoms with Crippen molar-refractivity contribution >= 4 is 17.5 Å². The Hall–Kier alpha value is -3.77. The summed E-state index contributed by atoms with van der Waals surface area (Å²) in [5, 5.41) is 3.66. The van der Waals surface area contributed by atoms with Crippen molar-refractivity contribution in [3.05, 3.63) is 117 Å². The predicted octanol–water partition coefficient (Wildman–Crippen LogP) is 4.24. The Morgan fingerprint density at radius 2 is 1.75 bits per heavy atom. The third-order valence-corrected chi connectivity index (χ3v) is 5.39. The van der Waals surface area contributed by atoms with Crippen LogP contribution in [0.1, 0.15) is 28.4 Å². The molecule has 0 fully saturated rings. The molecule has 0 aliphatic rings. The minimum Gasteiger partial charge on any atom is -0.345 e. The summed E-state index contributed by atoms with van der Waals surface area (Å²) < 4.78 is 0. The lowest BCUT2D eigenvalue weighted by Crippen LogP contribution is -2.33. The first-order valence-electron chi connectivity index (χ1n) is 10.1. The topological polar surface area (TPSA) is 87.7 Å². The van der Waals surface area contributed by atoms with Crippen molar-refractivity contribution in [2.24, 2.45) is 0 Å². The predicted molar refractivity (Wildman–Crippen MR) is 124 cm³/mol. The molecule has 0 spiro atoms. The molecule has 2 aromatic heterocycles. The summed E-state index contributed by atoms with van der Waals surface area (Å²) in [7, 11) is 0. The Morgan fingerprint density at radius 1 is 1.03 bits per heavy atom. The Bertz CT molecular complexity index is 1270. The second-order valence-electron chi connectivity index (χ2n) is 7.36. The van der Waals surface area contributed by atoms with Gasteiger partial charge in [0.1, 0.15) is 5.82 Å². The highest BCUT2D eigenvalue weighted by molar-refractivity contribution is 6.30. The molecule has 2 N–H and O–H groups in total. The summed E-state index contributed by atoms with van der Waals surface area (Å²) in [6, 6.07) is 20.2. The normalized spacial score (nSPS) is 11.7. The van der Waals surface area contributed by atoms with Crippen molar-refractivity contribution in [3.63, 3.8) is 0 Å². The molecule has 0 radical (unpaired) electrons. The molecule has 4 rings (SSSR count). The molecule has 1 atom stereocenters. The fraction of sp³-hybridized carbons (Fsp3) is 0.120. The van der Waals surface area contributed by atoms with Crippen LogP contribution in [-0.2, 0) is 11.2 Å². The van der Waals surface area contributed by atoms with Gasteiger partial charge in [-0.3, -0.25) is 14.6 Å². The quantitative estimate of drug-likeness (QED) is 0.465. The van der Waals surface area contributed by atoms with Gasteiger partial charge in [-0.2, -0.15) is 0 Å². The molecule has 0 saturated heterocycles. The lowest BCUT2D eigenvalue weighted by molar-refractivity contribution is -0.121. The van der Waals surface area contributed by atoms with E-state index in [9.17, 15) is 9.59 Å². The minimum atomic E-state index is -0.372. The van der Waals surface area contributed by atoms with Crippen molar-refractivity contribution in [2.45, 2.75) is 19.4 Å². The summed E-state index contributed by atoms with van der Waals surface area (Å²) in [5.74, 6) is 0.145. The maximum Gasteiger partial charge on any atom is 0.255 e. The van der Waals surface area contributed by atoms with E-state index in [0.29, 0.717) is 27.7 Å². The molecule has 0 aliphatic heterocycles. The zero-order valence-electron chi connectivity index (χ0n) is 17.4. The van der Waals surface area contributed by atoms with Crippen LogP contribution in [0.4, 0.5) is 0 Å². The highest BCUT2D eigenvalue weighted by atomic mass is 35.5. The van der Waals surface area contributed by atoms with Gasteiger partial charge in [0.25, 0.3) is 5.56 Å². The van der Waals surface area contributed by atoms with Crippen LogP contribution in [0.25, 0.3) is 11.4 Å². The first-order valence-corrected chi connectivity index (χ1v) is 10.5. The van der Waals surface area contributed by atoms with E-state index in [0.717, 1.165) is 11.1 Å². The van der Waals surface area contributed by atoms with Gasteiger partial charge in [0, 0.05) is 34.2 Å². The first-order chi connectivity index (χ1) is 15.5. The van der Waals surface area contributed by atoms with Crippen LogP contribution in [0.2, 0.25) is 5.02 Å². The van der Waals surface area contributed by atoms with Crippen molar-refractivity contribution in [1.29, 1.82) is 0 Å². The Balaban J connectivity index is 1.58. The maximum absolute atomic E-state index is 13.0. The van der Waals surface area contributed by atoms with Gasteiger partial charge in [0.15, 0.2) is 0 Å². The molecule has 4 aromatic rings. The second-order valence-corrected chi connectivity index (χ2v) is 7.80. The maximum atomic E-state index is 13.0. The van der Waals surface area contributed by atoms with E-state index in [1.807, 2.05) is 48.5 Å². The molecule has 1 amide bonds. The standard InChI is InChI=1S/C25H21ClN4O2/c1-16-21(25(32)30-24(28-16)19-8-5-13-27-15-19)14-22(31)29-23(17-6-3-2-4-7-17)18-9-11-20(26)12-10-18/h2-13,15,23H,14H2,1H3,(H,29,31)(H,28,30,32)/t23-/m1/s1. The van der Waals surface area contributed by atoms with Crippen LogP contribution in [0.15, 0.2) is 83.9 Å². The van der Waals surface area contributed by atoms with Crippen LogP contribution in [0.5, 0.6) is 0 Å². The van der Waals surface area contributed by atoms with Gasteiger partial charge in [-0.15, -0.1) is 0 Å². The largest absolute Gasteiger partial charge is 0.345 e. The number of benzene rings is 2. The lowest BCUT2D eigenvalue weighted by Gasteiger charge is -2.20. The van der Waals surface area contributed by atoms with Crippen LogP contribution in [-0.4, -0.2) is 20.9 Å². The van der Waals surface area contributed by atoms with E-state index >= 15 is 0 Å². The number of carbonyl (C=O) groups is 1. The van der Waals surface area contributed by atoms with Gasteiger partial charge in [0.05, 0.1) is 12.5 Å². The number of aromatic nitrogens is 3. The number of aryl methyl sites for hydroxylation is 1. The molecular formula is C25H21ClN4O2. The summed E-state index contributed by atoms with van der Waals surface area (Å²) in [6.07, 6.45) is 3.19. The fourth-order valence-electron chi connectivity index (χ4n) is 3.49. The van der Waals surface area contributed by atoms with Gasteiger partial charge in [-0.25, -0.2) is 4.98 Å². The summed E-state index contributed by atoms with van der Waals surface area (Å²) in [5.41, 5.74) is 3.02. The molecular weight excluding hydrogens is 424 g/mol. The zero-order chi connectivity index (χ0) is 22.5. The van der Waals surface area contributed by atoms with E-state index in [4.69, 9.17) is 11.6 Å². The van der Waals surface area contributed by atoms with Crippen molar-refractivity contribution in [1.82, 2.24) is 20.3 Å². The number of pyridine rings is 1. The number of hydrogen-bond acceptors (Lipinski definition) is 4. The van der Waals surface area contributed by atoms with Crippen LogP contribution < -0.4 is 10.9 Å². The number of hydrogen-bond donors (Lipinski definition) is 2. The van der Waals surface area contributed by atoms with E-state index in [2.05, 4.69) is 20.3 Å². The Kier molecular flexibility index (Phi) is 6.42. The molecule has 0 unspecified atom stereocenters. The van der Waals surface area contributed by atoms with Gasteiger partial charge in [-0.05, 0) is 42.3 Å². The van der Waals surface area contributed by atoms with E-state index in [1.54, 1.807) is 37.5 Å². The highest BCUT2D eigenvalue weighted by Gasteiger charge is 2.19. The van der Waals surface area contributed by atoms with E-state index < -0.39 is 0 Å². The van der Waals surface area contributed by atoms with Gasteiger partial charge in [0.2, 0.25) is 5.91 Å². The Morgan fingerprint density at radius 3 is 2.41 bits per heavy atom. The molecule has 2 heterocycles. The Labute approximate surface area is 190 Å². The average molecular weight is 445 g/mol. The van der Waals surface area contributed by atoms with Gasteiger partial charge >= 0.3 is 0 Å². The zero-order valence-corrected chi connectivity index (χ0v) is 18.1. The van der Waals surface area contributed by atoms with E-state index in [-0.39, 0.29) is 23.9 Å². The number of nitrogens with zero attached hydrogens (tertiary/aromatic N) is 2. The van der Waals surface area contributed by atoms with Crippen LogP contribution >= 0.6 is 11.6 Å². The second kappa shape index (κ2) is 9.58. The van der Waals surface area contributed by atoms with Gasteiger partial charge < -0.3 is 10.3 Å². The average Bonchev–Trinajstić information content (AvgIpc) is 2.81. The molecule has 0 aliphatic carbocycles. The number of H-pyrrole nitrogens is 1. The van der Waals surface area contributed by atoms with Crippen molar-refractivity contribution in [2.75, 3.05) is 0 Å². The molecule has 6 nitrogen and oxygen atoms in total. The molecule has 160 valence electrons. The number of halogens is 1. The number of carbonyl (C=O) groups excluding carboxylic acids is 1. The molecule has 0 bridgehead atoms. The van der Waals surface area contributed by atoms with Crippen molar-refractivity contribution < 1.29 is 4.79 Å². The van der Waals surface area contributed by atoms with Crippen molar-refractivity contribution in [3.8, 4) is 11.4 Å². The molecule has 32 heavy (non-hydrogen) atoms. The molecule has 7 heteroatoms. The molecule has 2 aromatic carbocycles. The number of amides is 1. The SMILES string of the molecule is Cc1nc(-c2cccnc2)[nH]c(=O)c1CC(=O)N[C@H](c1ccccc1)c1ccc(Cl)cc1. The fourth-order valence-corrected chi connectivity index (χ4v) is 3.62. The lowest BCUT2D eigenvalue weighted by atomic mass is 9.98. The molecule has 0 saturated carbocycles. The smallest absolute Gasteiger partial charge is 0.255 e. The van der Waals surface area contributed by atoms with E-state index in [1.165, 1.54) is 0 Å². The number of aromatic amines is 1. The first kappa shape index (κ1) is 21.5. The highest BCUT2D eigenvalue weighted by Crippen LogP contribution is 2.24. The summed E-state index contributed by atoms with van der Waals surface area (Å²) in [6.45, 7) is 1.73. The van der Waals surface area contributed by atoms with Gasteiger partial charge in [-0.1, -0.05) is 54.1 Å². The number of rotatable bonds is 6. The third-order valence-electron chi connectivity index (χ3n) is 5.14. The summed E-state index contributed by atoms with van der Waals surface area (Å²) >= 11 is 6.03. The third kappa shape index (κ3) is 4.92. The monoisotopic (exact) mass is 444 g/mol. The summed E-state index contributed by atoms with van der Waals surface area (Å²) in [4.78, 5) is 37.0. The van der Waals surface area contributed by atoms with Crippen LogP contribution in [0.3, 0.4) is 0 Å². The number of nitrogens with one attached hydrogen (secondary N) is 2. The minimum absolute atomic E-state index is 0.0849. The van der Waals surface area contributed by atoms with Crippen LogP contribution in [0, 0.1) is 6.92 Å².